The van der Waals surface area contributed by atoms with Crippen LogP contribution in [-0.4, -0.2) is 9.13 Å². The molecule has 0 aliphatic heterocycles. The maximum absolute atomic E-state index is 2.48. The predicted octanol–water partition coefficient (Wildman–Crippen LogP) is 13.2. The van der Waals surface area contributed by atoms with E-state index in [1.54, 1.807) is 0 Å². The minimum Gasteiger partial charge on any atom is -0.312 e. The Kier molecular flexibility index (Phi) is 7.64. The third-order valence-electron chi connectivity index (χ3n) is 9.97. The molecule has 0 N–H and O–H groups in total. The summed E-state index contributed by atoms with van der Waals surface area (Å²) >= 11 is 0. The van der Waals surface area contributed by atoms with E-state index >= 15 is 0 Å². The smallest absolute Gasteiger partial charge is 0.0537 e. The van der Waals surface area contributed by atoms with E-state index in [2.05, 4.69) is 208 Å². The Morgan fingerprint density at radius 1 is 0.320 bits per heavy atom. The molecule has 2 heterocycles. The van der Waals surface area contributed by atoms with Gasteiger partial charge in [0.15, 0.2) is 0 Å². The van der Waals surface area contributed by atoms with Crippen LogP contribution in [-0.2, 0) is 10.8 Å². The van der Waals surface area contributed by atoms with Crippen LogP contribution in [0.5, 0.6) is 0 Å². The Labute approximate surface area is 296 Å². The quantitative estimate of drug-likeness (QED) is 0.176. The summed E-state index contributed by atoms with van der Waals surface area (Å²) in [6.45, 7) is 13.8. The van der Waals surface area contributed by atoms with E-state index in [1.807, 2.05) is 0 Å². The lowest BCUT2D eigenvalue weighted by Gasteiger charge is -2.25. The molecule has 50 heavy (non-hydrogen) atoms. The maximum atomic E-state index is 2.48. The van der Waals surface area contributed by atoms with Crippen molar-refractivity contribution >= 4 is 21.8 Å². The monoisotopic (exact) mass is 648 g/mol. The first-order chi connectivity index (χ1) is 24.1. The predicted molar refractivity (Wildman–Crippen MR) is 214 cm³/mol. The highest BCUT2D eigenvalue weighted by Crippen LogP contribution is 2.44. The minimum absolute atomic E-state index is 0.0451. The molecule has 6 aromatic carbocycles. The second kappa shape index (κ2) is 12.1. The van der Waals surface area contributed by atoms with Crippen LogP contribution in [0.1, 0.15) is 52.9 Å². The fourth-order valence-electron chi connectivity index (χ4n) is 7.63. The Hall–Kier alpha value is -5.60. The van der Waals surface area contributed by atoms with Gasteiger partial charge in [-0.1, -0.05) is 163 Å². The fourth-order valence-corrected chi connectivity index (χ4v) is 7.63. The summed E-state index contributed by atoms with van der Waals surface area (Å²) in [5.41, 5.74) is 14.6. The van der Waals surface area contributed by atoms with E-state index in [1.165, 1.54) is 77.9 Å². The SMILES string of the molecule is CC(C)(C)c1cc2ccccc2n1-c1ccccc1-c1ccccc1-c1ccccc1-c1ccccc1-n1c(C(C)(C)C)cc2ccccc21. The third-order valence-corrected chi connectivity index (χ3v) is 9.97. The summed E-state index contributed by atoms with van der Waals surface area (Å²) in [6, 6.07) is 57.9. The van der Waals surface area contributed by atoms with Crippen LogP contribution in [0.3, 0.4) is 0 Å². The van der Waals surface area contributed by atoms with Crippen LogP contribution >= 0.6 is 0 Å². The molecule has 246 valence electrons. The highest BCUT2D eigenvalue weighted by molar-refractivity contribution is 5.96. The van der Waals surface area contributed by atoms with Gasteiger partial charge in [0.25, 0.3) is 0 Å². The van der Waals surface area contributed by atoms with Crippen LogP contribution in [0.15, 0.2) is 158 Å². The number of nitrogens with zero attached hydrogens (tertiary/aromatic N) is 2. The fraction of sp³-hybridized carbons (Fsp3) is 0.167. The normalized spacial score (nSPS) is 12.2. The molecule has 2 nitrogen and oxygen atoms in total. The number of fused-ring (bicyclic) bond motifs is 2. The van der Waals surface area contributed by atoms with Gasteiger partial charge >= 0.3 is 0 Å². The molecular formula is C48H44N2. The zero-order valence-corrected chi connectivity index (χ0v) is 29.9. The average molecular weight is 649 g/mol. The largest absolute Gasteiger partial charge is 0.312 e. The van der Waals surface area contributed by atoms with Gasteiger partial charge in [-0.05, 0) is 58.7 Å². The Balaban J connectivity index is 1.36. The Morgan fingerprint density at radius 3 is 0.960 bits per heavy atom. The number of benzene rings is 6. The number of aromatic nitrogens is 2. The molecule has 0 spiro atoms. The lowest BCUT2D eigenvalue weighted by atomic mass is 9.87. The van der Waals surface area contributed by atoms with E-state index in [9.17, 15) is 0 Å². The van der Waals surface area contributed by atoms with E-state index in [0.29, 0.717) is 0 Å². The van der Waals surface area contributed by atoms with Crippen molar-refractivity contribution in [3.8, 4) is 44.8 Å². The first kappa shape index (κ1) is 31.7. The number of para-hydroxylation sites is 4. The molecule has 0 aliphatic rings. The van der Waals surface area contributed by atoms with Gasteiger partial charge in [0.2, 0.25) is 0 Å². The molecule has 0 atom stereocenters. The van der Waals surface area contributed by atoms with Crippen molar-refractivity contribution in [3.63, 3.8) is 0 Å². The van der Waals surface area contributed by atoms with Crippen molar-refractivity contribution in [2.75, 3.05) is 0 Å². The van der Waals surface area contributed by atoms with Crippen LogP contribution in [0, 0.1) is 0 Å². The van der Waals surface area contributed by atoms with E-state index in [0.717, 1.165) is 0 Å². The molecule has 2 heteroatoms. The summed E-state index contributed by atoms with van der Waals surface area (Å²) in [7, 11) is 0. The Bertz CT molecular complexity index is 2330. The van der Waals surface area contributed by atoms with Gasteiger partial charge in [-0.25, -0.2) is 0 Å². The second-order valence-electron chi connectivity index (χ2n) is 15.5. The molecule has 0 bridgehead atoms. The molecule has 0 saturated carbocycles. The number of hydrogen-bond acceptors (Lipinski definition) is 0. The highest BCUT2D eigenvalue weighted by atomic mass is 15.0. The summed E-state index contributed by atoms with van der Waals surface area (Å²) in [6.07, 6.45) is 0. The van der Waals surface area contributed by atoms with E-state index in [4.69, 9.17) is 0 Å². The van der Waals surface area contributed by atoms with Crippen molar-refractivity contribution in [1.29, 1.82) is 0 Å². The number of rotatable bonds is 5. The van der Waals surface area contributed by atoms with Gasteiger partial charge in [-0.15, -0.1) is 0 Å². The van der Waals surface area contributed by atoms with Crippen molar-refractivity contribution in [1.82, 2.24) is 9.13 Å². The van der Waals surface area contributed by atoms with E-state index in [-0.39, 0.29) is 10.8 Å². The van der Waals surface area contributed by atoms with Crippen LogP contribution in [0.25, 0.3) is 66.6 Å². The lowest BCUT2D eigenvalue weighted by molar-refractivity contribution is 0.559. The zero-order valence-electron chi connectivity index (χ0n) is 29.9. The van der Waals surface area contributed by atoms with E-state index < -0.39 is 0 Å². The van der Waals surface area contributed by atoms with Gasteiger partial charge < -0.3 is 9.13 Å². The number of hydrogen-bond donors (Lipinski definition) is 0. The zero-order chi connectivity index (χ0) is 34.6. The van der Waals surface area contributed by atoms with Gasteiger partial charge in [0, 0.05) is 44.1 Å². The second-order valence-corrected chi connectivity index (χ2v) is 15.5. The summed E-state index contributed by atoms with van der Waals surface area (Å²) < 4.78 is 4.96. The van der Waals surface area contributed by atoms with Gasteiger partial charge in [0.1, 0.15) is 0 Å². The molecule has 0 amide bonds. The standard InChI is InChI=1S/C48H44N2/c1-47(2,3)45-31-33-19-7-15-27-41(33)49(45)43-29-17-13-25-39(43)37-23-11-9-21-35(37)36-22-10-12-24-38(36)40-26-14-18-30-44(40)50-42-28-16-8-20-34(42)32-46(50)48(4,5)6/h7-32H,1-6H3. The first-order valence-electron chi connectivity index (χ1n) is 17.7. The van der Waals surface area contributed by atoms with Crippen molar-refractivity contribution in [2.45, 2.75) is 52.4 Å². The molecule has 0 aliphatic carbocycles. The summed E-state index contributed by atoms with van der Waals surface area (Å²) in [5.74, 6) is 0. The molecule has 8 rings (SSSR count). The summed E-state index contributed by atoms with van der Waals surface area (Å²) in [5, 5.41) is 2.52. The first-order valence-corrected chi connectivity index (χ1v) is 17.7. The van der Waals surface area contributed by atoms with Crippen LogP contribution in [0.2, 0.25) is 0 Å². The molecule has 0 saturated heterocycles. The van der Waals surface area contributed by atoms with Crippen molar-refractivity contribution in [3.05, 3.63) is 169 Å². The molecule has 8 aromatic rings. The topological polar surface area (TPSA) is 9.86 Å². The summed E-state index contributed by atoms with van der Waals surface area (Å²) in [4.78, 5) is 0. The molecular weight excluding hydrogens is 605 g/mol. The van der Waals surface area contributed by atoms with Gasteiger partial charge in [0.05, 0.1) is 22.4 Å². The third kappa shape index (κ3) is 5.36. The average Bonchev–Trinajstić information content (AvgIpc) is 3.72. The molecule has 2 aromatic heterocycles. The van der Waals surface area contributed by atoms with Crippen molar-refractivity contribution in [2.24, 2.45) is 0 Å². The van der Waals surface area contributed by atoms with Crippen LogP contribution in [0.4, 0.5) is 0 Å². The van der Waals surface area contributed by atoms with Gasteiger partial charge in [-0.3, -0.25) is 0 Å². The molecule has 0 fully saturated rings. The Morgan fingerprint density at radius 2 is 0.600 bits per heavy atom. The van der Waals surface area contributed by atoms with Gasteiger partial charge in [-0.2, -0.15) is 0 Å². The molecule has 0 unspecified atom stereocenters. The van der Waals surface area contributed by atoms with Crippen LogP contribution < -0.4 is 0 Å². The highest BCUT2D eigenvalue weighted by Gasteiger charge is 2.26. The minimum atomic E-state index is -0.0451. The lowest BCUT2D eigenvalue weighted by Crippen LogP contribution is -2.17. The van der Waals surface area contributed by atoms with Crippen molar-refractivity contribution < 1.29 is 0 Å². The maximum Gasteiger partial charge on any atom is 0.0537 e. The molecule has 0 radical (unpaired) electrons.